The van der Waals surface area contributed by atoms with Gasteiger partial charge in [-0.05, 0) is 6.92 Å². The molecule has 1 saturated heterocycles. The van der Waals surface area contributed by atoms with Crippen molar-refractivity contribution in [2.75, 3.05) is 39.4 Å². The third-order valence-electron chi connectivity index (χ3n) is 2.83. The lowest BCUT2D eigenvalue weighted by Gasteiger charge is -2.35. The first-order valence-corrected chi connectivity index (χ1v) is 6.06. The van der Waals surface area contributed by atoms with Gasteiger partial charge >= 0.3 is 12.0 Å². The van der Waals surface area contributed by atoms with Gasteiger partial charge in [-0.15, -0.1) is 0 Å². The number of ether oxygens (including phenoxy) is 1. The Balaban J connectivity index is 2.54. The van der Waals surface area contributed by atoms with E-state index in [9.17, 15) is 9.59 Å². The van der Waals surface area contributed by atoms with Crippen molar-refractivity contribution in [1.29, 1.82) is 0 Å². The number of carboxylic acid groups (broad SMARTS) is 1. The van der Waals surface area contributed by atoms with Crippen LogP contribution in [0.5, 0.6) is 0 Å². The van der Waals surface area contributed by atoms with E-state index >= 15 is 0 Å². The first kappa shape index (κ1) is 14.7. The Hall–Kier alpha value is -1.34. The zero-order valence-electron chi connectivity index (χ0n) is 10.5. The van der Waals surface area contributed by atoms with Gasteiger partial charge in [-0.25, -0.2) is 4.79 Å². The maximum Gasteiger partial charge on any atom is 0.320 e. The monoisotopic (exact) mass is 260 g/mol. The number of carboxylic acids is 1. The summed E-state index contributed by atoms with van der Waals surface area (Å²) in [4.78, 5) is 25.8. The molecule has 0 aliphatic carbocycles. The fourth-order valence-electron chi connectivity index (χ4n) is 1.92. The Labute approximate surface area is 106 Å². The number of aliphatic hydroxyl groups is 1. The standard InChI is InChI=1S/C11H20N2O5/c1-2-12(3-5-14)11(17)13-4-6-18-9(8-13)7-10(15)16/h9,14H,2-8H2,1H3,(H,15,16). The lowest BCUT2D eigenvalue weighted by Crippen LogP contribution is -2.51. The van der Waals surface area contributed by atoms with Crippen LogP contribution < -0.4 is 0 Å². The van der Waals surface area contributed by atoms with E-state index in [-0.39, 0.29) is 32.1 Å². The number of morpholine rings is 1. The van der Waals surface area contributed by atoms with Gasteiger partial charge in [0.05, 0.1) is 25.7 Å². The van der Waals surface area contributed by atoms with Crippen LogP contribution in [0.1, 0.15) is 13.3 Å². The second-order valence-corrected chi connectivity index (χ2v) is 4.12. The normalized spacial score (nSPS) is 19.7. The number of hydrogen-bond donors (Lipinski definition) is 2. The summed E-state index contributed by atoms with van der Waals surface area (Å²) < 4.78 is 5.30. The lowest BCUT2D eigenvalue weighted by molar-refractivity contribution is -0.141. The second kappa shape index (κ2) is 7.17. The third kappa shape index (κ3) is 4.15. The van der Waals surface area contributed by atoms with E-state index in [1.54, 1.807) is 4.90 Å². The molecule has 7 heteroatoms. The maximum atomic E-state index is 12.1. The number of rotatable bonds is 5. The van der Waals surface area contributed by atoms with Crippen LogP contribution >= 0.6 is 0 Å². The van der Waals surface area contributed by atoms with Crippen molar-refractivity contribution in [3.63, 3.8) is 0 Å². The summed E-state index contributed by atoms with van der Waals surface area (Å²) in [7, 11) is 0. The Morgan fingerprint density at radius 2 is 2.22 bits per heavy atom. The molecular weight excluding hydrogens is 240 g/mol. The Morgan fingerprint density at radius 3 is 2.78 bits per heavy atom. The molecule has 1 fully saturated rings. The molecule has 7 nitrogen and oxygen atoms in total. The molecule has 18 heavy (non-hydrogen) atoms. The number of aliphatic hydroxyl groups excluding tert-OH is 1. The summed E-state index contributed by atoms with van der Waals surface area (Å²) in [6, 6.07) is -0.176. The second-order valence-electron chi connectivity index (χ2n) is 4.12. The molecule has 2 N–H and O–H groups in total. The summed E-state index contributed by atoms with van der Waals surface area (Å²) in [6.45, 7) is 3.64. The minimum Gasteiger partial charge on any atom is -0.481 e. The third-order valence-corrected chi connectivity index (χ3v) is 2.83. The molecule has 0 bridgehead atoms. The smallest absolute Gasteiger partial charge is 0.320 e. The molecule has 1 unspecified atom stereocenters. The summed E-state index contributed by atoms with van der Waals surface area (Å²) in [5.74, 6) is -0.933. The molecule has 2 amide bonds. The highest BCUT2D eigenvalue weighted by Gasteiger charge is 2.28. The van der Waals surface area contributed by atoms with Gasteiger partial charge in [-0.2, -0.15) is 0 Å². The molecule has 1 atom stereocenters. The van der Waals surface area contributed by atoms with E-state index in [0.29, 0.717) is 19.7 Å². The summed E-state index contributed by atoms with van der Waals surface area (Å²) in [5, 5.41) is 17.6. The van der Waals surface area contributed by atoms with E-state index in [1.807, 2.05) is 6.92 Å². The van der Waals surface area contributed by atoms with Gasteiger partial charge in [0.25, 0.3) is 0 Å². The Kier molecular flexibility index (Phi) is 5.87. The van der Waals surface area contributed by atoms with Crippen LogP contribution in [-0.2, 0) is 9.53 Å². The molecule has 1 aliphatic heterocycles. The van der Waals surface area contributed by atoms with Gasteiger partial charge in [-0.3, -0.25) is 4.79 Å². The molecule has 1 rings (SSSR count). The molecule has 0 saturated carbocycles. The maximum absolute atomic E-state index is 12.1. The van der Waals surface area contributed by atoms with Crippen LogP contribution in [0.3, 0.4) is 0 Å². The molecule has 104 valence electrons. The molecule has 0 aromatic heterocycles. The van der Waals surface area contributed by atoms with Gasteiger partial charge in [0.15, 0.2) is 0 Å². The highest BCUT2D eigenvalue weighted by Crippen LogP contribution is 2.11. The molecule has 0 spiro atoms. The van der Waals surface area contributed by atoms with Crippen molar-refractivity contribution in [2.45, 2.75) is 19.4 Å². The highest BCUT2D eigenvalue weighted by atomic mass is 16.5. The molecule has 0 radical (unpaired) electrons. The molecular formula is C11H20N2O5. The predicted octanol–water partition coefficient (Wildman–Crippen LogP) is -0.404. The molecule has 0 aromatic rings. The van der Waals surface area contributed by atoms with Crippen molar-refractivity contribution >= 4 is 12.0 Å². The number of urea groups is 1. The number of likely N-dealkylation sites (N-methyl/N-ethyl adjacent to an activating group) is 1. The number of aliphatic carboxylic acids is 1. The van der Waals surface area contributed by atoms with Gasteiger partial charge in [0, 0.05) is 26.2 Å². The van der Waals surface area contributed by atoms with Crippen molar-refractivity contribution in [2.24, 2.45) is 0 Å². The largest absolute Gasteiger partial charge is 0.481 e. The lowest BCUT2D eigenvalue weighted by atomic mass is 10.2. The van der Waals surface area contributed by atoms with Crippen LogP contribution in [0.4, 0.5) is 4.79 Å². The van der Waals surface area contributed by atoms with Crippen LogP contribution in [-0.4, -0.2) is 77.5 Å². The Morgan fingerprint density at radius 1 is 1.50 bits per heavy atom. The topological polar surface area (TPSA) is 90.3 Å². The minimum atomic E-state index is -0.933. The molecule has 0 aromatic carbocycles. The van der Waals surface area contributed by atoms with Crippen LogP contribution in [0.15, 0.2) is 0 Å². The van der Waals surface area contributed by atoms with E-state index < -0.39 is 12.1 Å². The first-order chi connectivity index (χ1) is 8.58. The van der Waals surface area contributed by atoms with Crippen LogP contribution in [0, 0.1) is 0 Å². The van der Waals surface area contributed by atoms with E-state index in [4.69, 9.17) is 14.9 Å². The summed E-state index contributed by atoms with van der Waals surface area (Å²) >= 11 is 0. The zero-order valence-corrected chi connectivity index (χ0v) is 10.5. The van der Waals surface area contributed by atoms with Crippen LogP contribution in [0.2, 0.25) is 0 Å². The first-order valence-electron chi connectivity index (χ1n) is 6.06. The Bertz CT molecular complexity index is 297. The summed E-state index contributed by atoms with van der Waals surface area (Å²) in [5.41, 5.74) is 0. The van der Waals surface area contributed by atoms with Gasteiger partial charge in [-0.1, -0.05) is 0 Å². The number of hydrogen-bond acceptors (Lipinski definition) is 4. The minimum absolute atomic E-state index is 0.0809. The van der Waals surface area contributed by atoms with Crippen molar-refractivity contribution in [3.05, 3.63) is 0 Å². The van der Waals surface area contributed by atoms with Gasteiger partial charge < -0.3 is 24.7 Å². The average molecular weight is 260 g/mol. The molecule has 1 heterocycles. The predicted molar refractivity (Wildman–Crippen MR) is 63.3 cm³/mol. The molecule has 1 aliphatic rings. The van der Waals surface area contributed by atoms with Crippen molar-refractivity contribution in [3.8, 4) is 0 Å². The number of carbonyl (C=O) groups is 2. The SMILES string of the molecule is CCN(CCO)C(=O)N1CCOC(CC(=O)O)C1. The fourth-order valence-corrected chi connectivity index (χ4v) is 1.92. The number of carbonyl (C=O) groups excluding carboxylic acids is 1. The number of amides is 2. The highest BCUT2D eigenvalue weighted by molar-refractivity contribution is 5.74. The zero-order chi connectivity index (χ0) is 13.5. The number of nitrogens with zero attached hydrogens (tertiary/aromatic N) is 2. The van der Waals surface area contributed by atoms with Gasteiger partial charge in [0.1, 0.15) is 0 Å². The average Bonchev–Trinajstić information content (AvgIpc) is 2.34. The van der Waals surface area contributed by atoms with E-state index in [1.165, 1.54) is 4.90 Å². The fraction of sp³-hybridized carbons (Fsp3) is 0.818. The van der Waals surface area contributed by atoms with Crippen molar-refractivity contribution in [1.82, 2.24) is 9.80 Å². The van der Waals surface area contributed by atoms with E-state index in [2.05, 4.69) is 0 Å². The van der Waals surface area contributed by atoms with Gasteiger partial charge in [0.2, 0.25) is 0 Å². The quantitative estimate of drug-likeness (QED) is 0.701. The van der Waals surface area contributed by atoms with Crippen molar-refractivity contribution < 1.29 is 24.5 Å². The van der Waals surface area contributed by atoms with Crippen LogP contribution in [0.25, 0.3) is 0 Å². The van der Waals surface area contributed by atoms with E-state index in [0.717, 1.165) is 0 Å². The summed E-state index contributed by atoms with van der Waals surface area (Å²) in [6.07, 6.45) is -0.552.